The summed E-state index contributed by atoms with van der Waals surface area (Å²) in [4.78, 5) is 49.1. The minimum atomic E-state index is -1.66. The molecule has 0 radical (unpaired) electrons. The van der Waals surface area contributed by atoms with Gasteiger partial charge < -0.3 is 19.7 Å². The molecule has 0 aliphatic heterocycles. The summed E-state index contributed by atoms with van der Waals surface area (Å²) in [5.74, 6) is -10.2. The molecule has 0 fully saturated rings. The fourth-order valence-corrected chi connectivity index (χ4v) is 3.70. The van der Waals surface area contributed by atoms with Gasteiger partial charge in [-0.05, 0) is 30.7 Å². The predicted molar refractivity (Wildman–Crippen MR) is 131 cm³/mol. The summed E-state index contributed by atoms with van der Waals surface area (Å²) < 4.78 is 51.6. The van der Waals surface area contributed by atoms with Gasteiger partial charge in [0.1, 0.15) is 18.3 Å². The predicted octanol–water partition coefficient (Wildman–Crippen LogP) is 4.54. The van der Waals surface area contributed by atoms with Crippen LogP contribution < -0.4 is 10.1 Å². The van der Waals surface area contributed by atoms with Crippen LogP contribution in [0.15, 0.2) is 40.9 Å². The van der Waals surface area contributed by atoms with Crippen LogP contribution in [0.1, 0.15) is 35.8 Å². The van der Waals surface area contributed by atoms with Crippen molar-refractivity contribution in [2.75, 3.05) is 6.61 Å². The standard InChI is InChI=1S/C26H22ClF3N2O7/c1-12-7-16(28)24(30)25(23(12)29)38-11-20(34)17(10-22(35)36)31-26(37)13(2)8-19(33)18-9-21(39-32-18)14-5-3-4-6-15(14)27/h3-7,9,13,17H,8,10-11H2,1-2H3,(H,31,37)(H,35,36)/t13-,17-/m1/s1. The Bertz CT molecular complexity index is 1400. The number of nitrogens with zero attached hydrogens (tertiary/aromatic N) is 1. The lowest BCUT2D eigenvalue weighted by atomic mass is 10.00. The van der Waals surface area contributed by atoms with E-state index >= 15 is 0 Å². The molecule has 2 N–H and O–H groups in total. The molecule has 206 valence electrons. The first kappa shape index (κ1) is 29.4. The summed E-state index contributed by atoms with van der Waals surface area (Å²) in [5, 5.41) is 15.4. The Morgan fingerprint density at radius 2 is 1.79 bits per heavy atom. The number of halogens is 4. The van der Waals surface area contributed by atoms with Crippen LogP contribution in [0.3, 0.4) is 0 Å². The number of ether oxygens (including phenoxy) is 1. The maximum Gasteiger partial charge on any atom is 0.305 e. The van der Waals surface area contributed by atoms with Crippen molar-refractivity contribution in [1.82, 2.24) is 10.5 Å². The van der Waals surface area contributed by atoms with Gasteiger partial charge in [0.05, 0.1) is 11.4 Å². The molecule has 0 aliphatic carbocycles. The Morgan fingerprint density at radius 1 is 1.10 bits per heavy atom. The fourth-order valence-electron chi connectivity index (χ4n) is 3.48. The molecule has 0 unspecified atom stereocenters. The number of Topliss-reactive ketones (excluding diaryl/α,β-unsaturated/α-hetero) is 2. The second kappa shape index (κ2) is 12.6. The van der Waals surface area contributed by atoms with E-state index in [0.29, 0.717) is 16.7 Å². The number of carbonyl (C=O) groups is 4. The van der Waals surface area contributed by atoms with Crippen molar-refractivity contribution in [2.24, 2.45) is 5.92 Å². The maximum absolute atomic E-state index is 14.1. The highest BCUT2D eigenvalue weighted by atomic mass is 35.5. The first-order valence-electron chi connectivity index (χ1n) is 11.5. The molecule has 13 heteroatoms. The molecule has 2 aromatic carbocycles. The van der Waals surface area contributed by atoms with E-state index in [0.717, 1.165) is 6.92 Å². The molecular weight excluding hydrogens is 545 g/mol. The highest BCUT2D eigenvalue weighted by Crippen LogP contribution is 2.29. The monoisotopic (exact) mass is 566 g/mol. The first-order chi connectivity index (χ1) is 18.4. The van der Waals surface area contributed by atoms with Gasteiger partial charge in [-0.25, -0.2) is 8.78 Å². The van der Waals surface area contributed by atoms with Crippen molar-refractivity contribution in [3.8, 4) is 17.1 Å². The first-order valence-corrected chi connectivity index (χ1v) is 11.8. The summed E-state index contributed by atoms with van der Waals surface area (Å²) >= 11 is 6.11. The van der Waals surface area contributed by atoms with Crippen molar-refractivity contribution in [3.05, 3.63) is 70.1 Å². The molecule has 3 aromatic rings. The van der Waals surface area contributed by atoms with Crippen LogP contribution in [0.4, 0.5) is 13.2 Å². The van der Waals surface area contributed by atoms with Gasteiger partial charge in [-0.3, -0.25) is 19.2 Å². The van der Waals surface area contributed by atoms with E-state index in [-0.39, 0.29) is 23.4 Å². The van der Waals surface area contributed by atoms with Crippen LogP contribution in [0.5, 0.6) is 5.75 Å². The van der Waals surface area contributed by atoms with E-state index in [1.54, 1.807) is 24.3 Å². The van der Waals surface area contributed by atoms with Crippen LogP contribution in [-0.4, -0.2) is 46.4 Å². The van der Waals surface area contributed by atoms with Crippen LogP contribution in [0.2, 0.25) is 5.02 Å². The summed E-state index contributed by atoms with van der Waals surface area (Å²) in [6.07, 6.45) is -1.25. The zero-order valence-electron chi connectivity index (χ0n) is 20.6. The number of carboxylic acid groups (broad SMARTS) is 1. The van der Waals surface area contributed by atoms with E-state index in [1.807, 2.05) is 0 Å². The molecular formula is C26H22ClF3N2O7. The molecule has 0 aliphatic rings. The number of benzene rings is 2. The molecule has 1 heterocycles. The molecule has 0 saturated heterocycles. The molecule has 0 bridgehead atoms. The Labute approximate surface area is 224 Å². The van der Waals surface area contributed by atoms with Crippen molar-refractivity contribution < 1.29 is 46.7 Å². The van der Waals surface area contributed by atoms with Crippen LogP contribution >= 0.6 is 11.6 Å². The number of nitrogens with one attached hydrogen (secondary N) is 1. The lowest BCUT2D eigenvalue weighted by Gasteiger charge is -2.19. The van der Waals surface area contributed by atoms with Crippen LogP contribution in [0, 0.1) is 30.3 Å². The summed E-state index contributed by atoms with van der Waals surface area (Å²) in [5.41, 5.74) is 0.142. The number of aryl methyl sites for hydroxylation is 1. The van der Waals surface area contributed by atoms with Crippen molar-refractivity contribution in [2.45, 2.75) is 32.7 Å². The fraction of sp³-hybridized carbons (Fsp3) is 0.269. The summed E-state index contributed by atoms with van der Waals surface area (Å²) in [6.45, 7) is 1.45. The van der Waals surface area contributed by atoms with Gasteiger partial charge in [0, 0.05) is 24.0 Å². The number of amides is 1. The Hall–Kier alpha value is -4.19. The number of hydrogen-bond donors (Lipinski definition) is 2. The molecule has 1 amide bonds. The molecule has 2 atom stereocenters. The number of carboxylic acids is 1. The third kappa shape index (κ3) is 7.23. The van der Waals surface area contributed by atoms with Gasteiger partial charge >= 0.3 is 5.97 Å². The minimum absolute atomic E-state index is 0.0782. The molecule has 39 heavy (non-hydrogen) atoms. The van der Waals surface area contributed by atoms with Gasteiger partial charge in [0.2, 0.25) is 11.7 Å². The van der Waals surface area contributed by atoms with E-state index < -0.39 is 71.6 Å². The molecule has 1 aromatic heterocycles. The van der Waals surface area contributed by atoms with E-state index in [2.05, 4.69) is 10.5 Å². The minimum Gasteiger partial charge on any atom is -0.481 e. The topological polar surface area (TPSA) is 136 Å². The third-order valence-electron chi connectivity index (χ3n) is 5.61. The quantitative estimate of drug-likeness (QED) is 0.241. The van der Waals surface area contributed by atoms with E-state index in [1.165, 1.54) is 13.0 Å². The molecule has 0 saturated carbocycles. The highest BCUT2D eigenvalue weighted by Gasteiger charge is 2.29. The number of ketones is 2. The lowest BCUT2D eigenvalue weighted by molar-refractivity contribution is -0.140. The number of carbonyl (C=O) groups excluding carboxylic acids is 3. The molecule has 3 rings (SSSR count). The summed E-state index contributed by atoms with van der Waals surface area (Å²) in [7, 11) is 0. The van der Waals surface area contributed by atoms with Crippen molar-refractivity contribution in [1.29, 1.82) is 0 Å². The Morgan fingerprint density at radius 3 is 2.46 bits per heavy atom. The van der Waals surface area contributed by atoms with Gasteiger partial charge in [-0.15, -0.1) is 0 Å². The van der Waals surface area contributed by atoms with E-state index in [9.17, 15) is 32.3 Å². The Kier molecular flexibility index (Phi) is 9.47. The van der Waals surface area contributed by atoms with E-state index in [4.69, 9.17) is 26.0 Å². The van der Waals surface area contributed by atoms with Gasteiger partial charge in [0.25, 0.3) is 0 Å². The van der Waals surface area contributed by atoms with Gasteiger partial charge in [-0.1, -0.05) is 35.8 Å². The average molecular weight is 567 g/mol. The number of hydrogen-bond acceptors (Lipinski definition) is 7. The number of rotatable bonds is 12. The second-order valence-electron chi connectivity index (χ2n) is 8.63. The Balaban J connectivity index is 1.64. The normalized spacial score (nSPS) is 12.5. The zero-order chi connectivity index (χ0) is 28.9. The smallest absolute Gasteiger partial charge is 0.305 e. The second-order valence-corrected chi connectivity index (χ2v) is 9.04. The highest BCUT2D eigenvalue weighted by molar-refractivity contribution is 6.33. The largest absolute Gasteiger partial charge is 0.481 e. The van der Waals surface area contributed by atoms with Crippen LogP contribution in [-0.2, 0) is 14.4 Å². The number of aliphatic carboxylic acids is 1. The van der Waals surface area contributed by atoms with Crippen molar-refractivity contribution >= 4 is 35.0 Å². The zero-order valence-corrected chi connectivity index (χ0v) is 21.4. The van der Waals surface area contributed by atoms with Crippen molar-refractivity contribution in [3.63, 3.8) is 0 Å². The van der Waals surface area contributed by atoms with Crippen LogP contribution in [0.25, 0.3) is 11.3 Å². The SMILES string of the molecule is Cc1cc(F)c(F)c(OCC(=O)[C@@H](CC(=O)O)NC(=O)[C@H](C)CC(=O)c2cc(-c3ccccc3Cl)on2)c1F. The molecule has 9 nitrogen and oxygen atoms in total. The maximum atomic E-state index is 14.1. The summed E-state index contributed by atoms with van der Waals surface area (Å²) in [6, 6.07) is 7.01. The average Bonchev–Trinajstić information content (AvgIpc) is 3.37. The number of aromatic nitrogens is 1. The van der Waals surface area contributed by atoms with Gasteiger partial charge in [-0.2, -0.15) is 4.39 Å². The van der Waals surface area contributed by atoms with Gasteiger partial charge in [0.15, 0.2) is 34.7 Å². The third-order valence-corrected chi connectivity index (χ3v) is 5.94. The molecule has 0 spiro atoms. The lowest BCUT2D eigenvalue weighted by Crippen LogP contribution is -2.46.